The number of nitrogens with zero attached hydrogens (tertiary/aromatic N) is 4. The van der Waals surface area contributed by atoms with Gasteiger partial charge in [-0.25, -0.2) is 4.68 Å². The van der Waals surface area contributed by atoms with Crippen molar-refractivity contribution in [3.05, 3.63) is 15.8 Å². The number of aliphatic hydroxyl groups is 1. The van der Waals surface area contributed by atoms with Gasteiger partial charge in [0.15, 0.2) is 0 Å². The molecule has 1 fully saturated rings. The van der Waals surface area contributed by atoms with Crippen LogP contribution in [-0.2, 0) is 13.5 Å². The molecular formula is C11H18N4O3. The van der Waals surface area contributed by atoms with Gasteiger partial charge >= 0.3 is 5.69 Å². The Bertz CT molecular complexity index is 473. The SMILES string of the molecule is CCCc1nn(C)c(N2CC(C)(O)C2)c1[N+](=O)[O-]. The Morgan fingerprint density at radius 3 is 2.61 bits per heavy atom. The molecule has 0 atom stereocenters. The Labute approximate surface area is 105 Å². The predicted molar refractivity (Wildman–Crippen MR) is 66.7 cm³/mol. The maximum atomic E-state index is 11.2. The van der Waals surface area contributed by atoms with Crippen LogP contribution in [0.25, 0.3) is 0 Å². The molecule has 2 rings (SSSR count). The summed E-state index contributed by atoms with van der Waals surface area (Å²) in [7, 11) is 1.70. The van der Waals surface area contributed by atoms with Crippen LogP contribution in [0.15, 0.2) is 0 Å². The van der Waals surface area contributed by atoms with Crippen LogP contribution in [0.5, 0.6) is 0 Å². The molecule has 0 bridgehead atoms. The molecule has 0 spiro atoms. The highest BCUT2D eigenvalue weighted by molar-refractivity contribution is 5.63. The summed E-state index contributed by atoms with van der Waals surface area (Å²) in [5.74, 6) is 0.495. The highest BCUT2D eigenvalue weighted by atomic mass is 16.6. The molecule has 1 aliphatic rings. The third-order valence-electron chi connectivity index (χ3n) is 3.09. The van der Waals surface area contributed by atoms with Gasteiger partial charge in [-0.1, -0.05) is 13.3 Å². The van der Waals surface area contributed by atoms with Crippen molar-refractivity contribution in [3.63, 3.8) is 0 Å². The van der Waals surface area contributed by atoms with E-state index in [9.17, 15) is 15.2 Å². The van der Waals surface area contributed by atoms with Crippen LogP contribution in [0.3, 0.4) is 0 Å². The topological polar surface area (TPSA) is 84.4 Å². The number of hydrogen-bond donors (Lipinski definition) is 1. The van der Waals surface area contributed by atoms with Crippen molar-refractivity contribution in [1.29, 1.82) is 0 Å². The van der Waals surface area contributed by atoms with E-state index >= 15 is 0 Å². The first-order valence-electron chi connectivity index (χ1n) is 6.03. The zero-order valence-electron chi connectivity index (χ0n) is 10.9. The van der Waals surface area contributed by atoms with Crippen LogP contribution >= 0.6 is 0 Å². The minimum absolute atomic E-state index is 0.0786. The van der Waals surface area contributed by atoms with Gasteiger partial charge in [-0.2, -0.15) is 5.10 Å². The molecule has 0 aromatic carbocycles. The minimum Gasteiger partial charge on any atom is -0.386 e. The standard InChI is InChI=1S/C11H18N4O3/c1-4-5-8-9(15(17)18)10(13(3)12-8)14-6-11(2,16)7-14/h16H,4-7H2,1-3H3. The van der Waals surface area contributed by atoms with E-state index in [1.807, 2.05) is 6.92 Å². The Kier molecular flexibility index (Phi) is 3.02. The molecule has 0 radical (unpaired) electrons. The molecule has 18 heavy (non-hydrogen) atoms. The third-order valence-corrected chi connectivity index (χ3v) is 3.09. The summed E-state index contributed by atoms with van der Waals surface area (Å²) in [5.41, 5.74) is -0.162. The van der Waals surface area contributed by atoms with Gasteiger partial charge in [0.2, 0.25) is 5.82 Å². The van der Waals surface area contributed by atoms with Crippen LogP contribution in [0, 0.1) is 10.1 Å². The van der Waals surface area contributed by atoms with Crippen molar-refractivity contribution in [2.24, 2.45) is 7.05 Å². The summed E-state index contributed by atoms with van der Waals surface area (Å²) < 4.78 is 1.54. The van der Waals surface area contributed by atoms with Gasteiger partial charge < -0.3 is 10.0 Å². The minimum atomic E-state index is -0.761. The number of aromatic nitrogens is 2. The molecular weight excluding hydrogens is 236 g/mol. The molecule has 1 aromatic rings. The molecule has 1 aromatic heterocycles. The maximum Gasteiger partial charge on any atom is 0.334 e. The van der Waals surface area contributed by atoms with Crippen LogP contribution in [0.1, 0.15) is 26.0 Å². The van der Waals surface area contributed by atoms with Crippen LogP contribution in [0.4, 0.5) is 11.5 Å². The van der Waals surface area contributed by atoms with Gasteiger partial charge in [0.05, 0.1) is 10.5 Å². The summed E-state index contributed by atoms with van der Waals surface area (Å²) in [6.45, 7) is 4.49. The molecule has 1 saturated heterocycles. The van der Waals surface area contributed by atoms with Crippen molar-refractivity contribution in [2.75, 3.05) is 18.0 Å². The normalized spacial score (nSPS) is 17.7. The molecule has 1 N–H and O–H groups in total. The Morgan fingerprint density at radius 1 is 1.56 bits per heavy atom. The summed E-state index contributed by atoms with van der Waals surface area (Å²) in [4.78, 5) is 12.6. The number of rotatable bonds is 4. The van der Waals surface area contributed by atoms with Crippen molar-refractivity contribution in [2.45, 2.75) is 32.3 Å². The molecule has 0 saturated carbocycles. The van der Waals surface area contributed by atoms with Crippen molar-refractivity contribution in [1.82, 2.24) is 9.78 Å². The van der Waals surface area contributed by atoms with Gasteiger partial charge in [-0.05, 0) is 13.3 Å². The average molecular weight is 254 g/mol. The number of anilines is 1. The molecule has 2 heterocycles. The average Bonchev–Trinajstić information content (AvgIpc) is 2.51. The van der Waals surface area contributed by atoms with Gasteiger partial charge in [-0.15, -0.1) is 0 Å². The first-order valence-corrected chi connectivity index (χ1v) is 6.03. The van der Waals surface area contributed by atoms with Crippen molar-refractivity contribution in [3.8, 4) is 0 Å². The summed E-state index contributed by atoms with van der Waals surface area (Å²) in [6.07, 6.45) is 1.41. The number of β-amino-alcohol motifs (C(OH)–C–C–N with tert-alkyl or cyclic N) is 1. The van der Waals surface area contributed by atoms with E-state index in [4.69, 9.17) is 0 Å². The van der Waals surface area contributed by atoms with Crippen LogP contribution in [-0.4, -0.2) is 38.5 Å². The lowest BCUT2D eigenvalue weighted by atomic mass is 9.97. The molecule has 0 aliphatic carbocycles. The molecule has 0 amide bonds. The van der Waals surface area contributed by atoms with Crippen LogP contribution < -0.4 is 4.90 Å². The van der Waals surface area contributed by atoms with E-state index in [0.29, 0.717) is 31.0 Å². The van der Waals surface area contributed by atoms with Gasteiger partial charge in [0.1, 0.15) is 5.69 Å². The lowest BCUT2D eigenvalue weighted by molar-refractivity contribution is -0.385. The second kappa shape index (κ2) is 4.24. The third kappa shape index (κ3) is 2.05. The van der Waals surface area contributed by atoms with E-state index in [1.165, 1.54) is 0 Å². The maximum absolute atomic E-state index is 11.2. The Morgan fingerprint density at radius 2 is 2.17 bits per heavy atom. The lowest BCUT2D eigenvalue weighted by Crippen LogP contribution is -2.60. The Hall–Kier alpha value is -1.63. The summed E-state index contributed by atoms with van der Waals surface area (Å²) in [6, 6.07) is 0. The molecule has 100 valence electrons. The summed E-state index contributed by atoms with van der Waals surface area (Å²) in [5, 5.41) is 25.2. The first kappa shape index (κ1) is 12.8. The smallest absolute Gasteiger partial charge is 0.334 e. The summed E-state index contributed by atoms with van der Waals surface area (Å²) >= 11 is 0. The zero-order chi connectivity index (χ0) is 13.5. The fourth-order valence-corrected chi connectivity index (χ4v) is 2.43. The molecule has 0 unspecified atom stereocenters. The zero-order valence-corrected chi connectivity index (χ0v) is 10.9. The molecule has 7 nitrogen and oxygen atoms in total. The highest BCUT2D eigenvalue weighted by Gasteiger charge is 2.42. The van der Waals surface area contributed by atoms with E-state index in [-0.39, 0.29) is 10.6 Å². The molecule has 1 aliphatic heterocycles. The van der Waals surface area contributed by atoms with Crippen LogP contribution in [0.2, 0.25) is 0 Å². The fraction of sp³-hybridized carbons (Fsp3) is 0.727. The lowest BCUT2D eigenvalue weighted by Gasteiger charge is -2.44. The van der Waals surface area contributed by atoms with Gasteiger partial charge in [0, 0.05) is 20.1 Å². The fourth-order valence-electron chi connectivity index (χ4n) is 2.43. The van der Waals surface area contributed by atoms with E-state index in [0.717, 1.165) is 6.42 Å². The van der Waals surface area contributed by atoms with E-state index < -0.39 is 5.60 Å². The Balaban J connectivity index is 2.37. The van der Waals surface area contributed by atoms with E-state index in [1.54, 1.807) is 23.6 Å². The largest absolute Gasteiger partial charge is 0.386 e. The second-order valence-corrected chi connectivity index (χ2v) is 5.10. The first-order chi connectivity index (χ1) is 8.35. The highest BCUT2D eigenvalue weighted by Crippen LogP contribution is 2.36. The number of aryl methyl sites for hydroxylation is 2. The van der Waals surface area contributed by atoms with Crippen molar-refractivity contribution >= 4 is 11.5 Å². The molecule has 7 heteroatoms. The second-order valence-electron chi connectivity index (χ2n) is 5.10. The monoisotopic (exact) mass is 254 g/mol. The number of hydrogen-bond acceptors (Lipinski definition) is 5. The predicted octanol–water partition coefficient (Wildman–Crippen LogP) is 0.852. The van der Waals surface area contributed by atoms with Gasteiger partial charge in [0.25, 0.3) is 0 Å². The quantitative estimate of drug-likeness (QED) is 0.636. The van der Waals surface area contributed by atoms with E-state index in [2.05, 4.69) is 5.10 Å². The van der Waals surface area contributed by atoms with Crippen molar-refractivity contribution < 1.29 is 10.0 Å². The number of nitro groups is 1. The van der Waals surface area contributed by atoms with Gasteiger partial charge in [-0.3, -0.25) is 10.1 Å².